The van der Waals surface area contributed by atoms with E-state index in [1.54, 1.807) is 6.07 Å². The monoisotopic (exact) mass is 376 g/mol. The number of benzene rings is 2. The highest BCUT2D eigenvalue weighted by Crippen LogP contribution is 2.30. The minimum Gasteiger partial charge on any atom is -0.457 e. The molecule has 2 aromatic rings. The fourth-order valence-corrected chi connectivity index (χ4v) is 2.20. The second kappa shape index (κ2) is 5.80. The molecule has 5 heteroatoms. The number of alkyl halides is 1. The van der Waals surface area contributed by atoms with Crippen molar-refractivity contribution in [3.8, 4) is 11.5 Å². The van der Waals surface area contributed by atoms with Crippen molar-refractivity contribution in [1.82, 2.24) is 0 Å². The Morgan fingerprint density at radius 1 is 1.00 bits per heavy atom. The van der Waals surface area contributed by atoms with Gasteiger partial charge in [0.05, 0.1) is 0 Å². The average molecular weight is 378 g/mol. The maximum atomic E-state index is 13.1. The molecule has 0 fully saturated rings. The van der Waals surface area contributed by atoms with Crippen LogP contribution in [0.2, 0.25) is 0 Å². The Morgan fingerprint density at radius 3 is 2.44 bits per heavy atom. The van der Waals surface area contributed by atoms with Gasteiger partial charge in [-0.25, -0.2) is 8.78 Å². The van der Waals surface area contributed by atoms with E-state index >= 15 is 0 Å². The van der Waals surface area contributed by atoms with Crippen LogP contribution in [0.4, 0.5) is 8.78 Å². The summed E-state index contributed by atoms with van der Waals surface area (Å²) in [6, 6.07) is 8.99. The van der Waals surface area contributed by atoms with Crippen molar-refractivity contribution in [2.75, 3.05) is 0 Å². The predicted molar refractivity (Wildman–Crippen MR) is 73.2 cm³/mol. The Hall–Kier alpha value is -0.940. The quantitative estimate of drug-likeness (QED) is 0.649. The zero-order chi connectivity index (χ0) is 13.1. The van der Waals surface area contributed by atoms with Crippen molar-refractivity contribution < 1.29 is 13.5 Å². The van der Waals surface area contributed by atoms with E-state index in [1.165, 1.54) is 6.07 Å². The molecule has 0 aromatic heterocycles. The Balaban J connectivity index is 2.33. The summed E-state index contributed by atoms with van der Waals surface area (Å²) in [5, 5.41) is 0.610. The zero-order valence-corrected chi connectivity index (χ0v) is 12.3. The minimum atomic E-state index is -0.928. The lowest BCUT2D eigenvalue weighted by atomic mass is 10.2. The highest BCUT2D eigenvalue weighted by molar-refractivity contribution is 9.10. The molecule has 2 aromatic carbocycles. The molecule has 0 saturated carbocycles. The number of rotatable bonds is 3. The molecule has 18 heavy (non-hydrogen) atoms. The van der Waals surface area contributed by atoms with Gasteiger partial charge in [0, 0.05) is 21.4 Å². The maximum Gasteiger partial charge on any atom is 0.162 e. The molecule has 94 valence electrons. The Kier molecular flexibility index (Phi) is 4.35. The molecule has 0 aliphatic heterocycles. The maximum absolute atomic E-state index is 13.1. The Labute approximate surface area is 120 Å². The summed E-state index contributed by atoms with van der Waals surface area (Å²) in [5.41, 5.74) is 0.919. The van der Waals surface area contributed by atoms with E-state index < -0.39 is 11.6 Å². The largest absolute Gasteiger partial charge is 0.457 e. The molecular formula is C13H8Br2F2O. The topological polar surface area (TPSA) is 9.23 Å². The smallest absolute Gasteiger partial charge is 0.162 e. The van der Waals surface area contributed by atoms with Gasteiger partial charge in [0.1, 0.15) is 11.5 Å². The molecule has 0 amide bonds. The van der Waals surface area contributed by atoms with E-state index in [9.17, 15) is 8.78 Å². The molecule has 0 heterocycles. The summed E-state index contributed by atoms with van der Waals surface area (Å²) in [7, 11) is 0. The molecule has 0 unspecified atom stereocenters. The van der Waals surface area contributed by atoms with E-state index in [0.29, 0.717) is 11.1 Å². The van der Waals surface area contributed by atoms with Crippen LogP contribution in [-0.2, 0) is 5.33 Å². The summed E-state index contributed by atoms with van der Waals surface area (Å²) in [4.78, 5) is 0. The van der Waals surface area contributed by atoms with Gasteiger partial charge >= 0.3 is 0 Å². The molecule has 2 rings (SSSR count). The van der Waals surface area contributed by atoms with Crippen LogP contribution in [0.1, 0.15) is 5.56 Å². The van der Waals surface area contributed by atoms with E-state index in [4.69, 9.17) is 4.74 Å². The third kappa shape index (κ3) is 3.09. The Morgan fingerprint density at radius 2 is 1.78 bits per heavy atom. The first-order valence-corrected chi connectivity index (χ1v) is 6.99. The van der Waals surface area contributed by atoms with Gasteiger partial charge in [0.2, 0.25) is 0 Å². The first kappa shape index (κ1) is 13.5. The van der Waals surface area contributed by atoms with Crippen LogP contribution in [0.3, 0.4) is 0 Å². The van der Waals surface area contributed by atoms with Crippen LogP contribution in [0, 0.1) is 11.6 Å². The van der Waals surface area contributed by atoms with Crippen LogP contribution in [0.15, 0.2) is 40.9 Å². The standard InChI is InChI=1S/C13H8Br2F2O/c14-7-8-1-2-9(15)5-13(8)18-10-3-4-11(16)12(17)6-10/h1-6H,7H2. The highest BCUT2D eigenvalue weighted by Gasteiger charge is 2.08. The summed E-state index contributed by atoms with van der Waals surface area (Å²) in [6.07, 6.45) is 0. The molecule has 1 nitrogen and oxygen atoms in total. The molecule has 0 radical (unpaired) electrons. The van der Waals surface area contributed by atoms with Gasteiger partial charge in [-0.2, -0.15) is 0 Å². The predicted octanol–water partition coefficient (Wildman–Crippen LogP) is 5.41. The molecule has 0 bridgehead atoms. The zero-order valence-electron chi connectivity index (χ0n) is 9.09. The van der Waals surface area contributed by atoms with E-state index in [1.807, 2.05) is 12.1 Å². The van der Waals surface area contributed by atoms with E-state index in [-0.39, 0.29) is 5.75 Å². The molecule has 0 saturated heterocycles. The molecule has 0 spiro atoms. The van der Waals surface area contributed by atoms with Crippen molar-refractivity contribution in [2.45, 2.75) is 5.33 Å². The highest BCUT2D eigenvalue weighted by atomic mass is 79.9. The summed E-state index contributed by atoms with van der Waals surface area (Å²) in [6.45, 7) is 0. The van der Waals surface area contributed by atoms with Crippen LogP contribution in [0.5, 0.6) is 11.5 Å². The van der Waals surface area contributed by atoms with E-state index in [2.05, 4.69) is 31.9 Å². The molecule has 0 atom stereocenters. The van der Waals surface area contributed by atoms with Crippen LogP contribution in [0.25, 0.3) is 0 Å². The van der Waals surface area contributed by atoms with Crippen LogP contribution in [-0.4, -0.2) is 0 Å². The first-order chi connectivity index (χ1) is 8.60. The fourth-order valence-electron chi connectivity index (χ4n) is 1.40. The van der Waals surface area contributed by atoms with Crippen LogP contribution < -0.4 is 4.74 Å². The van der Waals surface area contributed by atoms with E-state index in [0.717, 1.165) is 22.2 Å². The lowest BCUT2D eigenvalue weighted by molar-refractivity contribution is 0.458. The molecule has 0 aliphatic carbocycles. The number of ether oxygens (including phenoxy) is 1. The second-order valence-electron chi connectivity index (χ2n) is 3.56. The van der Waals surface area contributed by atoms with Gasteiger partial charge in [-0.15, -0.1) is 0 Å². The van der Waals surface area contributed by atoms with Gasteiger partial charge in [-0.1, -0.05) is 37.9 Å². The normalized spacial score (nSPS) is 10.4. The number of hydrogen-bond donors (Lipinski definition) is 0. The lowest BCUT2D eigenvalue weighted by Gasteiger charge is -2.10. The van der Waals surface area contributed by atoms with Crippen molar-refractivity contribution in [3.63, 3.8) is 0 Å². The van der Waals surface area contributed by atoms with Gasteiger partial charge < -0.3 is 4.74 Å². The number of hydrogen-bond acceptors (Lipinski definition) is 1. The van der Waals surface area contributed by atoms with Gasteiger partial charge in [0.15, 0.2) is 11.6 Å². The van der Waals surface area contributed by atoms with Gasteiger partial charge in [-0.05, 0) is 24.3 Å². The number of halogens is 4. The van der Waals surface area contributed by atoms with Gasteiger partial charge in [0.25, 0.3) is 0 Å². The summed E-state index contributed by atoms with van der Waals surface area (Å²) in [5.74, 6) is -0.971. The van der Waals surface area contributed by atoms with Crippen molar-refractivity contribution in [3.05, 3.63) is 58.1 Å². The third-order valence-electron chi connectivity index (χ3n) is 2.29. The minimum absolute atomic E-state index is 0.259. The van der Waals surface area contributed by atoms with Crippen molar-refractivity contribution >= 4 is 31.9 Å². The molecule has 0 N–H and O–H groups in total. The second-order valence-corrected chi connectivity index (χ2v) is 5.04. The van der Waals surface area contributed by atoms with Gasteiger partial charge in [-0.3, -0.25) is 0 Å². The van der Waals surface area contributed by atoms with Crippen molar-refractivity contribution in [2.24, 2.45) is 0 Å². The molecular weight excluding hydrogens is 370 g/mol. The lowest BCUT2D eigenvalue weighted by Crippen LogP contribution is -1.91. The summed E-state index contributed by atoms with van der Waals surface area (Å²) < 4.78 is 32.3. The molecule has 0 aliphatic rings. The Bertz CT molecular complexity index is 573. The van der Waals surface area contributed by atoms with Crippen molar-refractivity contribution in [1.29, 1.82) is 0 Å². The summed E-state index contributed by atoms with van der Waals surface area (Å²) >= 11 is 6.68. The van der Waals surface area contributed by atoms with Crippen LogP contribution >= 0.6 is 31.9 Å². The SMILES string of the molecule is Fc1ccc(Oc2cc(Br)ccc2CBr)cc1F. The third-order valence-corrected chi connectivity index (χ3v) is 3.39. The fraction of sp³-hybridized carbons (Fsp3) is 0.0769. The first-order valence-electron chi connectivity index (χ1n) is 5.07. The average Bonchev–Trinajstić information content (AvgIpc) is 2.34.